The van der Waals surface area contributed by atoms with Gasteiger partial charge in [0, 0.05) is 36.8 Å². The van der Waals surface area contributed by atoms with Crippen LogP contribution in [-0.4, -0.2) is 41.5 Å². The zero-order valence-electron chi connectivity index (χ0n) is 12.2. The molecule has 2 amide bonds. The van der Waals surface area contributed by atoms with Crippen LogP contribution in [0.5, 0.6) is 0 Å². The highest BCUT2D eigenvalue weighted by Crippen LogP contribution is 2.38. The van der Waals surface area contributed by atoms with Gasteiger partial charge in [-0.1, -0.05) is 0 Å². The number of amides is 2. The molecule has 0 aromatic carbocycles. The summed E-state index contributed by atoms with van der Waals surface area (Å²) in [7, 11) is 0. The third kappa shape index (κ3) is 3.38. The molecule has 0 spiro atoms. The van der Waals surface area contributed by atoms with E-state index >= 15 is 0 Å². The van der Waals surface area contributed by atoms with Gasteiger partial charge in [0.15, 0.2) is 5.82 Å². The number of anilines is 1. The second kappa shape index (κ2) is 6.35. The van der Waals surface area contributed by atoms with Crippen molar-refractivity contribution in [1.29, 1.82) is 0 Å². The predicted octanol–water partition coefficient (Wildman–Crippen LogP) is 1.12. The summed E-state index contributed by atoms with van der Waals surface area (Å²) < 4.78 is 10.2. The lowest BCUT2D eigenvalue weighted by molar-refractivity contribution is -0.122. The number of H-pyrrole nitrogens is 1. The Kier molecular flexibility index (Phi) is 4.28. The Hall–Kier alpha value is -2.09. The first kappa shape index (κ1) is 14.8. The molecule has 3 rings (SSSR count). The summed E-state index contributed by atoms with van der Waals surface area (Å²) in [5.41, 5.74) is 5.92. The number of carbonyl (C=O) groups is 2. The molecule has 4 N–H and O–H groups in total. The number of nitrogens with two attached hydrogens (primary N) is 1. The van der Waals surface area contributed by atoms with Crippen LogP contribution in [0.4, 0.5) is 10.6 Å². The molecule has 1 saturated carbocycles. The highest BCUT2D eigenvalue weighted by molar-refractivity contribution is 5.91. The smallest absolute Gasteiger partial charge is 0.404 e. The van der Waals surface area contributed by atoms with Gasteiger partial charge < -0.3 is 20.5 Å². The van der Waals surface area contributed by atoms with Gasteiger partial charge in [-0.25, -0.2) is 4.79 Å². The molecule has 2 aliphatic rings. The van der Waals surface area contributed by atoms with E-state index in [1.807, 2.05) is 6.07 Å². The SMILES string of the molecule is NC(=O)OC1CC(c2cc(NC(=O)C3CCOCC3)n[nH]2)C1. The minimum atomic E-state index is -0.738. The fraction of sp³-hybridized carbons (Fsp3) is 0.643. The number of ether oxygens (including phenoxy) is 2. The van der Waals surface area contributed by atoms with Crippen LogP contribution < -0.4 is 11.1 Å². The topological polar surface area (TPSA) is 119 Å². The van der Waals surface area contributed by atoms with E-state index in [2.05, 4.69) is 15.5 Å². The van der Waals surface area contributed by atoms with E-state index in [-0.39, 0.29) is 23.8 Å². The van der Waals surface area contributed by atoms with Crippen molar-refractivity contribution in [2.45, 2.75) is 37.7 Å². The van der Waals surface area contributed by atoms with Crippen molar-refractivity contribution in [2.75, 3.05) is 18.5 Å². The summed E-state index contributed by atoms with van der Waals surface area (Å²) in [6, 6.07) is 1.84. The molecule has 1 aliphatic carbocycles. The van der Waals surface area contributed by atoms with Gasteiger partial charge in [0.2, 0.25) is 5.91 Å². The van der Waals surface area contributed by atoms with Gasteiger partial charge in [-0.15, -0.1) is 0 Å². The van der Waals surface area contributed by atoms with E-state index in [1.165, 1.54) is 0 Å². The van der Waals surface area contributed by atoms with Crippen molar-refractivity contribution in [3.63, 3.8) is 0 Å². The predicted molar refractivity (Wildman–Crippen MR) is 77.2 cm³/mol. The zero-order chi connectivity index (χ0) is 15.5. The standard InChI is InChI=1S/C14H20N4O4/c15-14(20)22-10-5-9(6-10)11-7-12(18-17-11)16-13(19)8-1-3-21-4-2-8/h7-10H,1-6H2,(H2,15,20)(H2,16,17,18,19). The number of rotatable bonds is 4. The van der Waals surface area contributed by atoms with Crippen LogP contribution in [0.1, 0.15) is 37.3 Å². The minimum Gasteiger partial charge on any atom is -0.446 e. The Bertz CT molecular complexity index is 547. The van der Waals surface area contributed by atoms with Crippen molar-refractivity contribution < 1.29 is 19.1 Å². The molecule has 0 bridgehead atoms. The highest BCUT2D eigenvalue weighted by Gasteiger charge is 2.34. The maximum atomic E-state index is 12.1. The molecule has 8 heteroatoms. The number of nitrogens with zero attached hydrogens (tertiary/aromatic N) is 1. The fourth-order valence-electron chi connectivity index (χ4n) is 2.88. The maximum absolute atomic E-state index is 12.1. The molecule has 0 unspecified atom stereocenters. The second-order valence-electron chi connectivity index (χ2n) is 5.81. The van der Waals surface area contributed by atoms with Crippen LogP contribution in [0, 0.1) is 5.92 Å². The quantitative estimate of drug-likeness (QED) is 0.770. The minimum absolute atomic E-state index is 0.00838. The summed E-state index contributed by atoms with van der Waals surface area (Å²) in [6.45, 7) is 1.26. The molecule has 0 radical (unpaired) electrons. The summed E-state index contributed by atoms with van der Waals surface area (Å²) in [5, 5.41) is 9.88. The molecule has 8 nitrogen and oxygen atoms in total. The summed E-state index contributed by atoms with van der Waals surface area (Å²) in [5.74, 6) is 0.771. The van der Waals surface area contributed by atoms with E-state index in [4.69, 9.17) is 15.2 Å². The summed E-state index contributed by atoms with van der Waals surface area (Å²) in [4.78, 5) is 22.8. The number of hydrogen-bond donors (Lipinski definition) is 3. The van der Waals surface area contributed by atoms with Crippen LogP contribution in [-0.2, 0) is 14.3 Å². The van der Waals surface area contributed by atoms with Crippen LogP contribution in [0.15, 0.2) is 6.07 Å². The normalized spacial score (nSPS) is 25.3. The molecule has 22 heavy (non-hydrogen) atoms. The van der Waals surface area contributed by atoms with E-state index in [0.717, 1.165) is 31.4 Å². The zero-order valence-corrected chi connectivity index (χ0v) is 12.2. The van der Waals surface area contributed by atoms with Crippen molar-refractivity contribution >= 4 is 17.8 Å². The van der Waals surface area contributed by atoms with E-state index in [0.29, 0.717) is 19.0 Å². The molecular weight excluding hydrogens is 288 g/mol. The molecule has 2 heterocycles. The number of nitrogens with one attached hydrogen (secondary N) is 2. The Morgan fingerprint density at radius 1 is 1.36 bits per heavy atom. The highest BCUT2D eigenvalue weighted by atomic mass is 16.6. The lowest BCUT2D eigenvalue weighted by atomic mass is 9.80. The molecule has 1 aromatic rings. The first-order valence-corrected chi connectivity index (χ1v) is 7.52. The van der Waals surface area contributed by atoms with Crippen molar-refractivity contribution in [1.82, 2.24) is 10.2 Å². The maximum Gasteiger partial charge on any atom is 0.404 e. The van der Waals surface area contributed by atoms with Crippen LogP contribution >= 0.6 is 0 Å². The summed E-state index contributed by atoms with van der Waals surface area (Å²) in [6.07, 6.45) is 2.08. The van der Waals surface area contributed by atoms with Crippen LogP contribution in [0.25, 0.3) is 0 Å². The second-order valence-corrected chi connectivity index (χ2v) is 5.81. The first-order valence-electron chi connectivity index (χ1n) is 7.52. The number of hydrogen-bond acceptors (Lipinski definition) is 5. The molecular formula is C14H20N4O4. The molecule has 2 fully saturated rings. The number of aromatic amines is 1. The molecule has 1 saturated heterocycles. The van der Waals surface area contributed by atoms with Crippen LogP contribution in [0.3, 0.4) is 0 Å². The lowest BCUT2D eigenvalue weighted by Crippen LogP contribution is -2.33. The first-order chi connectivity index (χ1) is 10.6. The fourth-order valence-corrected chi connectivity index (χ4v) is 2.88. The van der Waals surface area contributed by atoms with Gasteiger partial charge in [-0.3, -0.25) is 9.89 Å². The molecule has 1 aromatic heterocycles. The van der Waals surface area contributed by atoms with Gasteiger partial charge >= 0.3 is 6.09 Å². The van der Waals surface area contributed by atoms with Gasteiger partial charge in [0.25, 0.3) is 0 Å². The Balaban J connectivity index is 1.49. The summed E-state index contributed by atoms with van der Waals surface area (Å²) >= 11 is 0. The Morgan fingerprint density at radius 2 is 2.09 bits per heavy atom. The van der Waals surface area contributed by atoms with Crippen molar-refractivity contribution in [3.05, 3.63) is 11.8 Å². The van der Waals surface area contributed by atoms with E-state index < -0.39 is 6.09 Å². The van der Waals surface area contributed by atoms with Crippen molar-refractivity contribution in [2.24, 2.45) is 11.7 Å². The van der Waals surface area contributed by atoms with Gasteiger partial charge in [0.1, 0.15) is 6.10 Å². The van der Waals surface area contributed by atoms with Gasteiger partial charge in [-0.2, -0.15) is 5.10 Å². The van der Waals surface area contributed by atoms with E-state index in [1.54, 1.807) is 0 Å². The lowest BCUT2D eigenvalue weighted by Gasteiger charge is -2.33. The Morgan fingerprint density at radius 3 is 2.77 bits per heavy atom. The van der Waals surface area contributed by atoms with Gasteiger partial charge in [0.05, 0.1) is 0 Å². The van der Waals surface area contributed by atoms with Gasteiger partial charge in [-0.05, 0) is 25.7 Å². The number of primary amides is 1. The molecule has 0 atom stereocenters. The number of aromatic nitrogens is 2. The average Bonchev–Trinajstić information content (AvgIpc) is 2.91. The molecule has 1 aliphatic heterocycles. The van der Waals surface area contributed by atoms with Crippen molar-refractivity contribution in [3.8, 4) is 0 Å². The largest absolute Gasteiger partial charge is 0.446 e. The molecule has 120 valence electrons. The Labute approximate surface area is 127 Å². The van der Waals surface area contributed by atoms with Crippen LogP contribution in [0.2, 0.25) is 0 Å². The third-order valence-electron chi connectivity index (χ3n) is 4.26. The number of carbonyl (C=O) groups excluding carboxylic acids is 2. The average molecular weight is 308 g/mol. The third-order valence-corrected chi connectivity index (χ3v) is 4.26. The monoisotopic (exact) mass is 308 g/mol. The van der Waals surface area contributed by atoms with E-state index in [9.17, 15) is 9.59 Å².